The van der Waals surface area contributed by atoms with Gasteiger partial charge in [0.05, 0.1) is 33.3 Å². The monoisotopic (exact) mass is 341 g/mol. The van der Waals surface area contributed by atoms with Gasteiger partial charge in [0.25, 0.3) is 0 Å². The van der Waals surface area contributed by atoms with E-state index in [0.29, 0.717) is 0 Å². The molecule has 0 saturated heterocycles. The lowest BCUT2D eigenvalue weighted by atomic mass is 10.3. The van der Waals surface area contributed by atoms with E-state index < -0.39 is 48.2 Å². The molecule has 0 radical (unpaired) electrons. The maximum Gasteiger partial charge on any atom is 0.391 e. The number of carboxylic acids is 1. The number of rotatable bonds is 8. The quantitative estimate of drug-likeness (QED) is 0.365. The van der Waals surface area contributed by atoms with Crippen molar-refractivity contribution in [1.29, 1.82) is 0 Å². The minimum atomic E-state index is -4.36. The molecule has 0 amide bonds. The molecular weight excluding hydrogens is 327 g/mol. The maximum atomic E-state index is 11.9. The van der Waals surface area contributed by atoms with Crippen molar-refractivity contribution in [2.45, 2.75) is 19.1 Å². The summed E-state index contributed by atoms with van der Waals surface area (Å²) in [5.41, 5.74) is 0.0153. The number of carboxylic acid groups (broad SMARTS) is 1. The van der Waals surface area contributed by atoms with Gasteiger partial charge in [-0.2, -0.15) is 18.3 Å². The fourth-order valence-corrected chi connectivity index (χ4v) is 1.63. The topological polar surface area (TPSA) is 123 Å². The molecule has 1 aromatic rings. The zero-order valence-electron chi connectivity index (χ0n) is 11.9. The van der Waals surface area contributed by atoms with Crippen LogP contribution < -0.4 is 5.48 Å². The van der Waals surface area contributed by atoms with E-state index in [4.69, 9.17) is 15.1 Å². The van der Waals surface area contributed by atoms with E-state index in [0.717, 1.165) is 11.8 Å². The van der Waals surface area contributed by atoms with Crippen LogP contribution in [0.4, 0.5) is 18.9 Å². The molecule has 0 fully saturated rings. The highest BCUT2D eigenvalue weighted by Crippen LogP contribution is 2.22. The molecule has 0 aliphatic heterocycles. The normalized spacial score (nSPS) is 11.3. The van der Waals surface area contributed by atoms with Crippen LogP contribution in [0.1, 0.15) is 27.4 Å². The van der Waals surface area contributed by atoms with Crippen molar-refractivity contribution in [3.05, 3.63) is 11.4 Å². The number of esters is 1. The third kappa shape index (κ3) is 5.10. The Kier molecular flexibility index (Phi) is 6.33. The molecule has 1 heterocycles. The molecule has 1 rings (SSSR count). The van der Waals surface area contributed by atoms with Crippen molar-refractivity contribution in [2.24, 2.45) is 0 Å². The molecular formula is C11H14F3N3O6. The third-order valence-electron chi connectivity index (χ3n) is 2.62. The van der Waals surface area contributed by atoms with Gasteiger partial charge in [-0.25, -0.2) is 9.59 Å². The number of hydrogen-bond acceptors (Lipinski definition) is 7. The zero-order chi connectivity index (χ0) is 17.6. The summed E-state index contributed by atoms with van der Waals surface area (Å²) in [5, 5.41) is 21.7. The van der Waals surface area contributed by atoms with Crippen molar-refractivity contribution < 1.29 is 42.5 Å². The molecule has 3 N–H and O–H groups in total. The lowest BCUT2D eigenvalue weighted by molar-refractivity contribution is -0.145. The van der Waals surface area contributed by atoms with Crippen molar-refractivity contribution in [2.75, 3.05) is 25.8 Å². The highest BCUT2D eigenvalue weighted by molar-refractivity contribution is 6.01. The number of anilines is 1. The molecule has 0 aromatic carbocycles. The summed E-state index contributed by atoms with van der Waals surface area (Å²) in [6, 6.07) is 0. The number of halogens is 3. The highest BCUT2D eigenvalue weighted by atomic mass is 19.4. The fraction of sp³-hybridized carbons (Fsp3) is 0.545. The molecule has 0 spiro atoms. The first-order valence-corrected chi connectivity index (χ1v) is 6.18. The van der Waals surface area contributed by atoms with Crippen molar-refractivity contribution in [3.63, 3.8) is 0 Å². The van der Waals surface area contributed by atoms with Gasteiger partial charge in [0.2, 0.25) is 0 Å². The number of nitrogens with one attached hydrogen (secondary N) is 1. The molecule has 23 heavy (non-hydrogen) atoms. The molecule has 0 unspecified atom stereocenters. The number of nitrogens with zero attached hydrogens (tertiary/aromatic N) is 2. The standard InChI is InChI=1S/C11H14F3N3O6/c1-22-10(20)7-6(16-21)8(9(18)19)17(15-7)3-5-23-4-2-11(12,13)14/h16,21H,2-5H2,1H3,(H,18,19). The lowest BCUT2D eigenvalue weighted by Gasteiger charge is -2.08. The molecule has 9 nitrogen and oxygen atoms in total. The maximum absolute atomic E-state index is 11.9. The van der Waals surface area contributed by atoms with Gasteiger partial charge in [0.15, 0.2) is 11.4 Å². The summed E-state index contributed by atoms with van der Waals surface area (Å²) in [5.74, 6) is -2.51. The van der Waals surface area contributed by atoms with Gasteiger partial charge >= 0.3 is 18.1 Å². The number of ether oxygens (including phenoxy) is 2. The first-order valence-electron chi connectivity index (χ1n) is 6.18. The van der Waals surface area contributed by atoms with Crippen molar-refractivity contribution in [3.8, 4) is 0 Å². The lowest BCUT2D eigenvalue weighted by Crippen LogP contribution is -2.17. The molecule has 130 valence electrons. The second-order valence-electron chi connectivity index (χ2n) is 4.18. The Balaban J connectivity index is 2.83. The van der Waals surface area contributed by atoms with Crippen LogP contribution in [0, 0.1) is 0 Å². The fourth-order valence-electron chi connectivity index (χ4n) is 1.63. The SMILES string of the molecule is COC(=O)c1nn(CCOCCC(F)(F)F)c(C(=O)O)c1NO. The van der Waals surface area contributed by atoms with E-state index in [2.05, 4.69) is 9.84 Å². The Bertz CT molecular complexity index is 572. The van der Waals surface area contributed by atoms with Gasteiger partial charge < -0.3 is 14.6 Å². The van der Waals surface area contributed by atoms with Crippen molar-refractivity contribution in [1.82, 2.24) is 9.78 Å². The van der Waals surface area contributed by atoms with Crippen LogP contribution in [-0.2, 0) is 16.0 Å². The molecule has 0 bridgehead atoms. The number of carbonyl (C=O) groups excluding carboxylic acids is 1. The van der Waals surface area contributed by atoms with Crippen molar-refractivity contribution >= 4 is 17.6 Å². The summed E-state index contributed by atoms with van der Waals surface area (Å²) in [6.45, 7) is -1.11. The van der Waals surface area contributed by atoms with Gasteiger partial charge in [-0.15, -0.1) is 0 Å². The number of carbonyl (C=O) groups is 2. The van der Waals surface area contributed by atoms with E-state index in [1.165, 1.54) is 0 Å². The second-order valence-corrected chi connectivity index (χ2v) is 4.18. The average molecular weight is 341 g/mol. The Morgan fingerprint density at radius 1 is 1.35 bits per heavy atom. The third-order valence-corrected chi connectivity index (χ3v) is 2.62. The van der Waals surface area contributed by atoms with Crippen LogP contribution in [0.5, 0.6) is 0 Å². The summed E-state index contributed by atoms with van der Waals surface area (Å²) >= 11 is 0. The largest absolute Gasteiger partial charge is 0.476 e. The Morgan fingerprint density at radius 3 is 2.48 bits per heavy atom. The van der Waals surface area contributed by atoms with E-state index in [1.54, 1.807) is 5.48 Å². The number of methoxy groups -OCH3 is 1. The first-order chi connectivity index (χ1) is 10.7. The van der Waals surface area contributed by atoms with Gasteiger partial charge in [-0.05, 0) is 0 Å². The number of aromatic carboxylic acids is 1. The van der Waals surface area contributed by atoms with E-state index in [1.807, 2.05) is 0 Å². The predicted molar refractivity (Wildman–Crippen MR) is 67.4 cm³/mol. The van der Waals surface area contributed by atoms with E-state index in [-0.39, 0.29) is 13.2 Å². The second kappa shape index (κ2) is 7.78. The van der Waals surface area contributed by atoms with Gasteiger partial charge in [-0.3, -0.25) is 15.4 Å². The van der Waals surface area contributed by atoms with E-state index in [9.17, 15) is 22.8 Å². The smallest absolute Gasteiger partial charge is 0.391 e. The van der Waals surface area contributed by atoms with Crippen LogP contribution in [0.25, 0.3) is 0 Å². The molecule has 12 heteroatoms. The van der Waals surface area contributed by atoms with E-state index >= 15 is 0 Å². The molecule has 0 saturated carbocycles. The van der Waals surface area contributed by atoms with Gasteiger partial charge in [0, 0.05) is 0 Å². The molecule has 0 aliphatic carbocycles. The molecule has 0 atom stereocenters. The Labute approximate surface area is 127 Å². The Morgan fingerprint density at radius 2 is 2.00 bits per heavy atom. The molecule has 1 aromatic heterocycles. The van der Waals surface area contributed by atoms with Gasteiger partial charge in [0.1, 0.15) is 5.69 Å². The zero-order valence-corrected chi connectivity index (χ0v) is 11.9. The first kappa shape index (κ1) is 18.7. The van der Waals surface area contributed by atoms with Gasteiger partial charge in [-0.1, -0.05) is 0 Å². The predicted octanol–water partition coefficient (Wildman–Crippen LogP) is 1.14. The number of alkyl halides is 3. The summed E-state index contributed by atoms with van der Waals surface area (Å²) < 4.78 is 45.8. The Hall–Kier alpha value is -2.34. The van der Waals surface area contributed by atoms with Crippen LogP contribution >= 0.6 is 0 Å². The number of aromatic nitrogens is 2. The van der Waals surface area contributed by atoms with Crippen LogP contribution in [0.15, 0.2) is 0 Å². The summed E-state index contributed by atoms with van der Waals surface area (Å²) in [4.78, 5) is 22.7. The minimum Gasteiger partial charge on any atom is -0.476 e. The highest BCUT2D eigenvalue weighted by Gasteiger charge is 2.28. The minimum absolute atomic E-state index is 0.245. The molecule has 0 aliphatic rings. The summed E-state index contributed by atoms with van der Waals surface area (Å²) in [7, 11) is 1.03. The van der Waals surface area contributed by atoms with Crippen LogP contribution in [-0.4, -0.2) is 58.5 Å². The van der Waals surface area contributed by atoms with Crippen LogP contribution in [0.3, 0.4) is 0 Å². The average Bonchev–Trinajstić information content (AvgIpc) is 2.83. The summed E-state index contributed by atoms with van der Waals surface area (Å²) in [6.07, 6.45) is -5.50. The number of hydrogen-bond donors (Lipinski definition) is 3. The van der Waals surface area contributed by atoms with Crippen LogP contribution in [0.2, 0.25) is 0 Å².